The van der Waals surface area contributed by atoms with Crippen LogP contribution in [0.5, 0.6) is 0 Å². The summed E-state index contributed by atoms with van der Waals surface area (Å²) in [6, 6.07) is 6.00. The Bertz CT molecular complexity index is 308. The molecule has 1 fully saturated rings. The van der Waals surface area contributed by atoms with Crippen molar-refractivity contribution in [3.63, 3.8) is 0 Å². The smallest absolute Gasteiger partial charge is 0.209 e. The molecule has 0 unspecified atom stereocenters. The van der Waals surface area contributed by atoms with Gasteiger partial charge in [-0.2, -0.15) is 0 Å². The molecule has 0 spiro atoms. The van der Waals surface area contributed by atoms with Gasteiger partial charge in [0.2, 0.25) is 5.79 Å². The van der Waals surface area contributed by atoms with E-state index in [1.54, 1.807) is 6.20 Å². The van der Waals surface area contributed by atoms with Gasteiger partial charge in [0, 0.05) is 6.20 Å². The number of rotatable bonds is 2. The third kappa shape index (κ3) is 2.17. The Balaban J connectivity index is 2.10. The highest BCUT2D eigenvalue weighted by Crippen LogP contribution is 2.28. The minimum Gasteiger partial charge on any atom is -0.343 e. The van der Waals surface area contributed by atoms with Crippen molar-refractivity contribution in [2.24, 2.45) is 0 Å². The summed E-state index contributed by atoms with van der Waals surface area (Å²) in [6.45, 7) is 3.19. The van der Waals surface area contributed by atoms with Crippen LogP contribution < -0.4 is 5.32 Å². The normalized spacial score (nSPS) is 31.5. The second kappa shape index (κ2) is 4.26. The summed E-state index contributed by atoms with van der Waals surface area (Å²) >= 11 is 0. The van der Waals surface area contributed by atoms with Gasteiger partial charge >= 0.3 is 0 Å². The van der Waals surface area contributed by atoms with Gasteiger partial charge in [-0.1, -0.05) is 6.07 Å². The zero-order valence-electron chi connectivity index (χ0n) is 9.06. The molecule has 1 aromatic heterocycles. The number of aromatic nitrogens is 1. The van der Waals surface area contributed by atoms with Crippen LogP contribution in [-0.4, -0.2) is 31.3 Å². The Morgan fingerprint density at radius 2 is 2.13 bits per heavy atom. The molecule has 0 aromatic carbocycles. The molecule has 1 aromatic rings. The molecule has 4 nitrogen and oxygen atoms in total. The minimum atomic E-state index is -0.700. The first kappa shape index (κ1) is 10.5. The van der Waals surface area contributed by atoms with Crippen molar-refractivity contribution < 1.29 is 9.47 Å². The van der Waals surface area contributed by atoms with Crippen LogP contribution in [0.1, 0.15) is 12.6 Å². The highest BCUT2D eigenvalue weighted by Gasteiger charge is 2.35. The van der Waals surface area contributed by atoms with E-state index in [1.165, 1.54) is 0 Å². The topological polar surface area (TPSA) is 43.4 Å². The lowest BCUT2D eigenvalue weighted by atomic mass is 10.1. The first-order chi connectivity index (χ1) is 7.24. The number of pyridine rings is 1. The van der Waals surface area contributed by atoms with E-state index >= 15 is 0 Å². The van der Waals surface area contributed by atoms with Crippen LogP contribution in [0, 0.1) is 0 Å². The molecule has 2 rings (SSSR count). The second-order valence-electron chi connectivity index (χ2n) is 3.77. The van der Waals surface area contributed by atoms with Gasteiger partial charge in [-0.3, -0.25) is 4.98 Å². The van der Waals surface area contributed by atoms with Gasteiger partial charge in [-0.25, -0.2) is 0 Å². The molecular weight excluding hydrogens is 192 g/mol. The van der Waals surface area contributed by atoms with Crippen LogP contribution >= 0.6 is 0 Å². The van der Waals surface area contributed by atoms with E-state index in [0.29, 0.717) is 13.2 Å². The molecule has 0 aliphatic carbocycles. The van der Waals surface area contributed by atoms with E-state index in [-0.39, 0.29) is 6.04 Å². The van der Waals surface area contributed by atoms with Crippen molar-refractivity contribution in [3.05, 3.63) is 30.1 Å². The minimum absolute atomic E-state index is 0.266. The van der Waals surface area contributed by atoms with E-state index in [9.17, 15) is 0 Å². The summed E-state index contributed by atoms with van der Waals surface area (Å²) in [5.74, 6) is -0.700. The Labute approximate surface area is 89.6 Å². The fraction of sp³-hybridized carbons (Fsp3) is 0.545. The molecule has 1 aliphatic rings. The standard InChI is InChI=1S/C11H16N2O2/c1-11(10-5-3-4-6-13-10)14-7-9(12-2)8-15-11/h3-6,9,12H,7-8H2,1-2H3. The first-order valence-electron chi connectivity index (χ1n) is 5.11. The summed E-state index contributed by atoms with van der Waals surface area (Å²) in [4.78, 5) is 4.25. The SMILES string of the molecule is CNC1COC(C)(c2ccccn2)OC1. The molecular formula is C11H16N2O2. The number of ether oxygens (including phenoxy) is 2. The van der Waals surface area contributed by atoms with Crippen molar-refractivity contribution in [1.82, 2.24) is 10.3 Å². The molecule has 0 bridgehead atoms. The van der Waals surface area contributed by atoms with Crippen molar-refractivity contribution in [2.75, 3.05) is 20.3 Å². The largest absolute Gasteiger partial charge is 0.343 e. The second-order valence-corrected chi connectivity index (χ2v) is 3.77. The van der Waals surface area contributed by atoms with Crippen LogP contribution in [0.3, 0.4) is 0 Å². The molecule has 1 aliphatic heterocycles. The van der Waals surface area contributed by atoms with Crippen LogP contribution in [0.15, 0.2) is 24.4 Å². The van der Waals surface area contributed by atoms with Gasteiger partial charge in [0.1, 0.15) is 0 Å². The average Bonchev–Trinajstić information content (AvgIpc) is 2.31. The Hall–Kier alpha value is -0.970. The molecule has 15 heavy (non-hydrogen) atoms. The highest BCUT2D eigenvalue weighted by atomic mass is 16.7. The number of hydrogen-bond donors (Lipinski definition) is 1. The van der Waals surface area contributed by atoms with E-state index in [1.807, 2.05) is 32.2 Å². The highest BCUT2D eigenvalue weighted by molar-refractivity contribution is 5.09. The van der Waals surface area contributed by atoms with E-state index < -0.39 is 5.79 Å². The van der Waals surface area contributed by atoms with Crippen LogP contribution in [-0.2, 0) is 15.3 Å². The van der Waals surface area contributed by atoms with Gasteiger partial charge in [-0.05, 0) is 26.1 Å². The fourth-order valence-corrected chi connectivity index (χ4v) is 1.55. The quantitative estimate of drug-likeness (QED) is 0.784. The Morgan fingerprint density at radius 3 is 2.67 bits per heavy atom. The van der Waals surface area contributed by atoms with Crippen molar-refractivity contribution in [1.29, 1.82) is 0 Å². The molecule has 1 N–H and O–H groups in total. The van der Waals surface area contributed by atoms with Gasteiger partial charge in [0.25, 0.3) is 0 Å². The van der Waals surface area contributed by atoms with Crippen molar-refractivity contribution >= 4 is 0 Å². The molecule has 2 heterocycles. The van der Waals surface area contributed by atoms with E-state index in [2.05, 4.69) is 10.3 Å². The lowest BCUT2D eigenvalue weighted by Gasteiger charge is -2.36. The Kier molecular flexibility index (Phi) is 3.00. The lowest BCUT2D eigenvalue weighted by Crippen LogP contribution is -2.47. The van der Waals surface area contributed by atoms with E-state index in [4.69, 9.17) is 9.47 Å². The maximum Gasteiger partial charge on any atom is 0.209 e. The maximum absolute atomic E-state index is 5.71. The van der Waals surface area contributed by atoms with Gasteiger partial charge in [0.05, 0.1) is 24.9 Å². The molecule has 1 saturated heterocycles. The summed E-state index contributed by atoms with van der Waals surface area (Å²) in [6.07, 6.45) is 1.75. The lowest BCUT2D eigenvalue weighted by molar-refractivity contribution is -0.274. The number of nitrogens with zero attached hydrogens (tertiary/aromatic N) is 1. The molecule has 82 valence electrons. The Morgan fingerprint density at radius 1 is 1.40 bits per heavy atom. The van der Waals surface area contributed by atoms with Gasteiger partial charge < -0.3 is 14.8 Å². The number of likely N-dealkylation sites (N-methyl/N-ethyl adjacent to an activating group) is 1. The van der Waals surface area contributed by atoms with E-state index in [0.717, 1.165) is 5.69 Å². The zero-order valence-corrected chi connectivity index (χ0v) is 9.06. The maximum atomic E-state index is 5.71. The molecule has 4 heteroatoms. The zero-order chi connectivity index (χ0) is 10.7. The summed E-state index contributed by atoms with van der Waals surface area (Å²) in [5, 5.41) is 3.12. The average molecular weight is 208 g/mol. The first-order valence-corrected chi connectivity index (χ1v) is 5.11. The van der Waals surface area contributed by atoms with Crippen molar-refractivity contribution in [2.45, 2.75) is 18.8 Å². The summed E-state index contributed by atoms with van der Waals surface area (Å²) in [5.41, 5.74) is 0.819. The molecule has 0 amide bonds. The summed E-state index contributed by atoms with van der Waals surface area (Å²) in [7, 11) is 1.90. The third-order valence-corrected chi connectivity index (χ3v) is 2.66. The predicted octanol–water partition coefficient (Wildman–Crippen LogP) is 0.889. The van der Waals surface area contributed by atoms with Crippen LogP contribution in [0.4, 0.5) is 0 Å². The van der Waals surface area contributed by atoms with Crippen LogP contribution in [0.25, 0.3) is 0 Å². The molecule has 0 saturated carbocycles. The fourth-order valence-electron chi connectivity index (χ4n) is 1.55. The molecule has 0 radical (unpaired) electrons. The third-order valence-electron chi connectivity index (χ3n) is 2.66. The van der Waals surface area contributed by atoms with Gasteiger partial charge in [-0.15, -0.1) is 0 Å². The summed E-state index contributed by atoms with van der Waals surface area (Å²) < 4.78 is 11.4. The molecule has 0 atom stereocenters. The van der Waals surface area contributed by atoms with Crippen molar-refractivity contribution in [3.8, 4) is 0 Å². The van der Waals surface area contributed by atoms with Crippen LogP contribution in [0.2, 0.25) is 0 Å². The monoisotopic (exact) mass is 208 g/mol. The van der Waals surface area contributed by atoms with Gasteiger partial charge in [0.15, 0.2) is 0 Å². The predicted molar refractivity (Wildman–Crippen MR) is 56.3 cm³/mol. The number of nitrogens with one attached hydrogen (secondary N) is 1. The number of hydrogen-bond acceptors (Lipinski definition) is 4.